The van der Waals surface area contributed by atoms with Crippen LogP contribution in [0, 0.1) is 6.92 Å². The second-order valence-electron chi connectivity index (χ2n) is 3.98. The minimum absolute atomic E-state index is 0.124. The van der Waals surface area contributed by atoms with Crippen LogP contribution in [0.15, 0.2) is 39.9 Å². The van der Waals surface area contributed by atoms with Crippen molar-refractivity contribution in [1.82, 2.24) is 9.55 Å². The van der Waals surface area contributed by atoms with Crippen molar-refractivity contribution < 1.29 is 13.2 Å². The highest BCUT2D eigenvalue weighted by Gasteiger charge is 2.30. The van der Waals surface area contributed by atoms with Gasteiger partial charge in [-0.2, -0.15) is 13.2 Å². The normalized spacial score (nSPS) is 11.6. The number of hydrogen-bond acceptors (Lipinski definition) is 2. The number of benzene rings is 1. The van der Waals surface area contributed by atoms with Crippen LogP contribution in [0.3, 0.4) is 0 Å². The SMILES string of the molecule is Cc1cc(=O)n(-c2cccc(C(F)(F)F)c2)c(=O)[nH]1. The summed E-state index contributed by atoms with van der Waals surface area (Å²) in [6.45, 7) is 1.51. The Morgan fingerprint density at radius 2 is 1.84 bits per heavy atom. The van der Waals surface area contributed by atoms with Crippen molar-refractivity contribution in [3.8, 4) is 5.69 Å². The van der Waals surface area contributed by atoms with E-state index in [1.807, 2.05) is 0 Å². The molecule has 0 aliphatic heterocycles. The fraction of sp³-hybridized carbons (Fsp3) is 0.167. The summed E-state index contributed by atoms with van der Waals surface area (Å²) in [7, 11) is 0. The summed E-state index contributed by atoms with van der Waals surface area (Å²) in [6.07, 6.45) is -4.53. The van der Waals surface area contributed by atoms with Gasteiger partial charge in [-0.15, -0.1) is 0 Å². The smallest absolute Gasteiger partial charge is 0.311 e. The molecule has 1 heterocycles. The molecule has 0 saturated heterocycles. The second-order valence-corrected chi connectivity index (χ2v) is 3.98. The molecule has 19 heavy (non-hydrogen) atoms. The number of rotatable bonds is 1. The van der Waals surface area contributed by atoms with Gasteiger partial charge in [0, 0.05) is 11.8 Å². The van der Waals surface area contributed by atoms with Crippen molar-refractivity contribution in [3.05, 3.63) is 62.4 Å². The highest BCUT2D eigenvalue weighted by Crippen LogP contribution is 2.29. The van der Waals surface area contributed by atoms with Gasteiger partial charge < -0.3 is 4.98 Å². The maximum atomic E-state index is 12.6. The lowest BCUT2D eigenvalue weighted by Crippen LogP contribution is -2.33. The fourth-order valence-corrected chi connectivity index (χ4v) is 1.68. The molecule has 100 valence electrons. The van der Waals surface area contributed by atoms with Crippen LogP contribution in [0.1, 0.15) is 11.3 Å². The lowest BCUT2D eigenvalue weighted by atomic mass is 10.2. The van der Waals surface area contributed by atoms with Gasteiger partial charge in [-0.05, 0) is 25.1 Å². The maximum Gasteiger partial charge on any atom is 0.416 e. The van der Waals surface area contributed by atoms with E-state index in [4.69, 9.17) is 0 Å². The molecule has 0 atom stereocenters. The zero-order valence-corrected chi connectivity index (χ0v) is 9.78. The molecule has 0 aliphatic carbocycles. The monoisotopic (exact) mass is 270 g/mol. The number of aromatic amines is 1. The maximum absolute atomic E-state index is 12.6. The van der Waals surface area contributed by atoms with Crippen LogP contribution in [0.2, 0.25) is 0 Å². The molecule has 7 heteroatoms. The van der Waals surface area contributed by atoms with Crippen LogP contribution >= 0.6 is 0 Å². The molecule has 4 nitrogen and oxygen atoms in total. The first kappa shape index (κ1) is 13.1. The van der Waals surface area contributed by atoms with Gasteiger partial charge in [0.2, 0.25) is 0 Å². The minimum atomic E-state index is -4.53. The summed E-state index contributed by atoms with van der Waals surface area (Å²) in [5.41, 5.74) is -2.15. The minimum Gasteiger partial charge on any atom is -0.311 e. The van der Waals surface area contributed by atoms with Crippen LogP contribution in [0.25, 0.3) is 5.69 Å². The number of alkyl halides is 3. The zero-order valence-electron chi connectivity index (χ0n) is 9.78. The first-order valence-corrected chi connectivity index (χ1v) is 5.29. The van der Waals surface area contributed by atoms with Crippen LogP contribution < -0.4 is 11.2 Å². The van der Waals surface area contributed by atoms with Gasteiger partial charge in [0.05, 0.1) is 11.3 Å². The molecule has 1 N–H and O–H groups in total. The Kier molecular flexibility index (Phi) is 3.05. The predicted octanol–water partition coefficient (Wildman–Crippen LogP) is 1.85. The Bertz CT molecular complexity index is 697. The number of aromatic nitrogens is 2. The van der Waals surface area contributed by atoms with Crippen molar-refractivity contribution in [3.63, 3.8) is 0 Å². The first-order valence-electron chi connectivity index (χ1n) is 5.29. The predicted molar refractivity (Wildman–Crippen MR) is 62.4 cm³/mol. The van der Waals surface area contributed by atoms with E-state index in [0.717, 1.165) is 24.3 Å². The van der Waals surface area contributed by atoms with Gasteiger partial charge in [-0.25, -0.2) is 9.36 Å². The molecular weight excluding hydrogens is 261 g/mol. The van der Waals surface area contributed by atoms with Crippen molar-refractivity contribution >= 4 is 0 Å². The van der Waals surface area contributed by atoms with E-state index in [1.54, 1.807) is 0 Å². The standard InChI is InChI=1S/C12H9F3N2O2/c1-7-5-10(18)17(11(19)16-7)9-4-2-3-8(6-9)12(13,14)15/h2-6H,1H3,(H,16,19). The molecular formula is C12H9F3N2O2. The average Bonchev–Trinajstić information content (AvgIpc) is 2.26. The summed E-state index contributed by atoms with van der Waals surface area (Å²) >= 11 is 0. The molecule has 2 aromatic rings. The van der Waals surface area contributed by atoms with Crippen LogP contribution in [-0.4, -0.2) is 9.55 Å². The molecule has 0 amide bonds. The number of H-pyrrole nitrogens is 1. The highest BCUT2D eigenvalue weighted by molar-refractivity contribution is 5.37. The lowest BCUT2D eigenvalue weighted by Gasteiger charge is -2.09. The Hall–Kier alpha value is -2.31. The third-order valence-corrected chi connectivity index (χ3v) is 2.50. The molecule has 1 aromatic heterocycles. The van der Waals surface area contributed by atoms with Crippen molar-refractivity contribution in [1.29, 1.82) is 0 Å². The zero-order chi connectivity index (χ0) is 14.2. The molecule has 0 fully saturated rings. The largest absolute Gasteiger partial charge is 0.416 e. The third kappa shape index (κ3) is 2.59. The molecule has 0 unspecified atom stereocenters. The molecule has 0 radical (unpaired) electrons. The van der Waals surface area contributed by atoms with Crippen LogP contribution in [-0.2, 0) is 6.18 Å². The van der Waals surface area contributed by atoms with E-state index in [2.05, 4.69) is 4.98 Å². The van der Waals surface area contributed by atoms with Crippen LogP contribution in [0.5, 0.6) is 0 Å². The van der Waals surface area contributed by atoms with Crippen molar-refractivity contribution in [2.75, 3.05) is 0 Å². The number of nitrogens with one attached hydrogen (secondary N) is 1. The number of halogens is 3. The van der Waals surface area contributed by atoms with Crippen molar-refractivity contribution in [2.45, 2.75) is 13.1 Å². The summed E-state index contributed by atoms with van der Waals surface area (Å²) in [4.78, 5) is 25.7. The van der Waals surface area contributed by atoms with E-state index in [-0.39, 0.29) is 5.69 Å². The number of nitrogens with zero attached hydrogens (tertiary/aromatic N) is 1. The average molecular weight is 270 g/mol. The molecule has 0 aliphatic rings. The summed E-state index contributed by atoms with van der Waals surface area (Å²) in [6, 6.07) is 5.18. The van der Waals surface area contributed by atoms with Gasteiger partial charge in [-0.3, -0.25) is 4.79 Å². The second kappa shape index (κ2) is 4.42. The van der Waals surface area contributed by atoms with Gasteiger partial charge in [-0.1, -0.05) is 6.07 Å². The fourth-order valence-electron chi connectivity index (χ4n) is 1.68. The van der Waals surface area contributed by atoms with E-state index in [0.29, 0.717) is 10.3 Å². The highest BCUT2D eigenvalue weighted by atomic mass is 19.4. The molecule has 2 rings (SSSR count). The Labute approximate surface area is 105 Å². The molecule has 0 spiro atoms. The van der Waals surface area contributed by atoms with E-state index in [1.165, 1.54) is 13.0 Å². The number of hydrogen-bond donors (Lipinski definition) is 1. The summed E-state index contributed by atoms with van der Waals surface area (Å²) in [5.74, 6) is 0. The van der Waals surface area contributed by atoms with Gasteiger partial charge >= 0.3 is 11.9 Å². The summed E-state index contributed by atoms with van der Waals surface area (Å²) in [5, 5.41) is 0. The van der Waals surface area contributed by atoms with Gasteiger partial charge in [0.25, 0.3) is 5.56 Å². The molecule has 0 bridgehead atoms. The molecule has 1 aromatic carbocycles. The Morgan fingerprint density at radius 1 is 1.16 bits per heavy atom. The van der Waals surface area contributed by atoms with E-state index >= 15 is 0 Å². The van der Waals surface area contributed by atoms with E-state index in [9.17, 15) is 22.8 Å². The molecule has 0 saturated carbocycles. The van der Waals surface area contributed by atoms with Gasteiger partial charge in [0.1, 0.15) is 0 Å². The number of aryl methyl sites for hydroxylation is 1. The quantitative estimate of drug-likeness (QED) is 0.859. The lowest BCUT2D eigenvalue weighted by molar-refractivity contribution is -0.137. The summed E-state index contributed by atoms with van der Waals surface area (Å²) < 4.78 is 38.4. The van der Waals surface area contributed by atoms with Crippen molar-refractivity contribution in [2.24, 2.45) is 0 Å². The topological polar surface area (TPSA) is 54.9 Å². The first-order chi connectivity index (χ1) is 8.79. The Morgan fingerprint density at radius 3 is 2.42 bits per heavy atom. The van der Waals surface area contributed by atoms with Gasteiger partial charge in [0.15, 0.2) is 0 Å². The third-order valence-electron chi connectivity index (χ3n) is 2.50. The Balaban J connectivity index is 2.68. The van der Waals surface area contributed by atoms with E-state index < -0.39 is 23.0 Å². The van der Waals surface area contributed by atoms with Crippen LogP contribution in [0.4, 0.5) is 13.2 Å².